The van der Waals surface area contributed by atoms with Crippen molar-refractivity contribution in [2.45, 2.75) is 19.1 Å². The summed E-state index contributed by atoms with van der Waals surface area (Å²) in [5.74, 6) is -0.514. The molecule has 4 N–H and O–H groups in total. The smallest absolute Gasteiger partial charge is 0.332 e. The third-order valence-electron chi connectivity index (χ3n) is 4.69. The molecule has 1 unspecified atom stereocenters. The number of fused-ring (bicyclic) bond motifs is 1. The second kappa shape index (κ2) is 7.87. The van der Waals surface area contributed by atoms with Gasteiger partial charge in [0, 0.05) is 27.2 Å². The maximum Gasteiger partial charge on any atom is 0.332 e. The third-order valence-corrected chi connectivity index (χ3v) is 4.69. The maximum atomic E-state index is 12.4. The monoisotopic (exact) mass is 389 g/mol. The number of hydrogen-bond acceptors (Lipinski definition) is 7. The predicted molar refractivity (Wildman–Crippen MR) is 102 cm³/mol. The van der Waals surface area contributed by atoms with Crippen molar-refractivity contribution in [1.29, 1.82) is 0 Å². The Balaban J connectivity index is 1.58. The first kappa shape index (κ1) is 19.6. The molecule has 0 saturated heterocycles. The van der Waals surface area contributed by atoms with Crippen LogP contribution in [0.4, 0.5) is 0 Å². The lowest BCUT2D eigenvalue weighted by atomic mass is 10.1. The van der Waals surface area contributed by atoms with E-state index in [1.54, 1.807) is 24.0 Å². The number of aryl methyl sites for hydroxylation is 2. The van der Waals surface area contributed by atoms with Crippen LogP contribution in [0.5, 0.6) is 11.5 Å². The van der Waals surface area contributed by atoms with E-state index in [2.05, 4.69) is 10.3 Å². The van der Waals surface area contributed by atoms with Crippen molar-refractivity contribution in [3.63, 3.8) is 0 Å². The summed E-state index contributed by atoms with van der Waals surface area (Å²) in [7, 11) is 3.01. The summed E-state index contributed by atoms with van der Waals surface area (Å²) in [4.78, 5) is 28.5. The first-order valence-corrected chi connectivity index (χ1v) is 8.82. The maximum absolute atomic E-state index is 12.4. The molecule has 2 heterocycles. The first-order chi connectivity index (χ1) is 13.3. The topological polar surface area (TPSA) is 135 Å². The van der Waals surface area contributed by atoms with Gasteiger partial charge < -0.3 is 25.2 Å². The van der Waals surface area contributed by atoms with Gasteiger partial charge >= 0.3 is 5.69 Å². The fourth-order valence-corrected chi connectivity index (χ4v) is 3.05. The quantitative estimate of drug-likeness (QED) is 0.318. The molecule has 10 heteroatoms. The summed E-state index contributed by atoms with van der Waals surface area (Å²) in [5, 5.41) is 32.0. The minimum atomic E-state index is -0.831. The molecule has 0 amide bonds. The van der Waals surface area contributed by atoms with E-state index in [4.69, 9.17) is 0 Å². The molecule has 1 atom stereocenters. The van der Waals surface area contributed by atoms with Gasteiger partial charge in [0.05, 0.1) is 12.4 Å². The van der Waals surface area contributed by atoms with Gasteiger partial charge in [-0.15, -0.1) is 0 Å². The van der Waals surface area contributed by atoms with Gasteiger partial charge in [-0.25, -0.2) is 9.78 Å². The summed E-state index contributed by atoms with van der Waals surface area (Å²) in [6.45, 7) is 1.37. The van der Waals surface area contributed by atoms with Crippen molar-refractivity contribution in [2.24, 2.45) is 14.1 Å². The molecule has 0 radical (unpaired) electrons. The molecule has 0 bridgehead atoms. The average molecular weight is 389 g/mol. The van der Waals surface area contributed by atoms with Crippen LogP contribution in [0.3, 0.4) is 0 Å². The van der Waals surface area contributed by atoms with E-state index in [1.165, 1.54) is 23.7 Å². The Morgan fingerprint density at radius 3 is 2.61 bits per heavy atom. The van der Waals surface area contributed by atoms with Gasteiger partial charge in [0.1, 0.15) is 0 Å². The normalized spacial score (nSPS) is 12.5. The minimum absolute atomic E-state index is 0.236. The lowest BCUT2D eigenvalue weighted by Crippen LogP contribution is -2.37. The van der Waals surface area contributed by atoms with Crippen LogP contribution >= 0.6 is 0 Å². The summed E-state index contributed by atoms with van der Waals surface area (Å²) in [6.07, 6.45) is 1.38. The van der Waals surface area contributed by atoms with Crippen LogP contribution in [0.2, 0.25) is 0 Å². The van der Waals surface area contributed by atoms with Crippen LogP contribution in [0.25, 0.3) is 11.2 Å². The van der Waals surface area contributed by atoms with E-state index < -0.39 is 11.8 Å². The van der Waals surface area contributed by atoms with Gasteiger partial charge in [-0.2, -0.15) is 0 Å². The van der Waals surface area contributed by atoms with Crippen molar-refractivity contribution in [3.05, 3.63) is 50.9 Å². The van der Waals surface area contributed by atoms with E-state index in [9.17, 15) is 24.9 Å². The third kappa shape index (κ3) is 3.64. The van der Waals surface area contributed by atoms with Gasteiger partial charge in [-0.1, -0.05) is 6.07 Å². The molecule has 0 saturated carbocycles. The average Bonchev–Trinajstić information content (AvgIpc) is 3.10. The summed E-state index contributed by atoms with van der Waals surface area (Å²) >= 11 is 0. The molecule has 3 rings (SSSR count). The Labute approximate surface area is 159 Å². The first-order valence-electron chi connectivity index (χ1n) is 8.82. The van der Waals surface area contributed by atoms with Crippen LogP contribution in [0.15, 0.2) is 34.1 Å². The van der Waals surface area contributed by atoms with Crippen molar-refractivity contribution in [3.8, 4) is 11.5 Å². The van der Waals surface area contributed by atoms with Crippen molar-refractivity contribution in [2.75, 3.05) is 13.1 Å². The molecule has 0 aliphatic heterocycles. The van der Waals surface area contributed by atoms with Gasteiger partial charge in [0.2, 0.25) is 0 Å². The zero-order valence-electron chi connectivity index (χ0n) is 15.7. The van der Waals surface area contributed by atoms with E-state index in [0.717, 1.165) is 4.57 Å². The number of aliphatic hydroxyl groups excluding tert-OH is 1. The number of benzene rings is 1. The zero-order valence-corrected chi connectivity index (χ0v) is 15.7. The molecular weight excluding hydrogens is 366 g/mol. The van der Waals surface area contributed by atoms with Crippen LogP contribution < -0.4 is 16.6 Å². The molecule has 0 aliphatic carbocycles. The zero-order chi connectivity index (χ0) is 20.4. The highest BCUT2D eigenvalue weighted by molar-refractivity contribution is 5.69. The number of hydrogen-bond donors (Lipinski definition) is 4. The summed E-state index contributed by atoms with van der Waals surface area (Å²) in [5.41, 5.74) is 0.422. The number of phenols is 2. The van der Waals surface area contributed by atoms with E-state index >= 15 is 0 Å². The predicted octanol–water partition coefficient (Wildman–Crippen LogP) is -0.442. The van der Waals surface area contributed by atoms with Crippen molar-refractivity contribution in [1.82, 2.24) is 24.0 Å². The molecule has 1 aromatic carbocycles. The number of imidazole rings is 1. The number of rotatable bonds is 7. The number of aromatic nitrogens is 4. The Hall–Kier alpha value is -3.11. The van der Waals surface area contributed by atoms with Gasteiger partial charge in [-0.05, 0) is 30.7 Å². The summed E-state index contributed by atoms with van der Waals surface area (Å²) < 4.78 is 4.12. The number of phenolic OH excluding ortho intramolecular Hbond substituents is 2. The lowest BCUT2D eigenvalue weighted by molar-refractivity contribution is 0.174. The molecule has 2 aromatic heterocycles. The van der Waals surface area contributed by atoms with Gasteiger partial charge in [0.25, 0.3) is 5.56 Å². The molecule has 28 heavy (non-hydrogen) atoms. The second-order valence-electron chi connectivity index (χ2n) is 6.64. The number of nitrogens with one attached hydrogen (secondary N) is 1. The van der Waals surface area contributed by atoms with E-state index in [-0.39, 0.29) is 23.6 Å². The lowest BCUT2D eigenvalue weighted by Gasteiger charge is -2.13. The molecule has 0 spiro atoms. The highest BCUT2D eigenvalue weighted by atomic mass is 16.3. The summed E-state index contributed by atoms with van der Waals surface area (Å²) in [6, 6.07) is 4.18. The van der Waals surface area contributed by atoms with Crippen LogP contribution in [0, 0.1) is 0 Å². The molecule has 150 valence electrons. The fourth-order valence-electron chi connectivity index (χ4n) is 3.05. The Morgan fingerprint density at radius 2 is 1.89 bits per heavy atom. The minimum Gasteiger partial charge on any atom is -0.504 e. The highest BCUT2D eigenvalue weighted by Crippen LogP contribution is 2.27. The van der Waals surface area contributed by atoms with Crippen molar-refractivity contribution < 1.29 is 15.3 Å². The molecule has 0 fully saturated rings. The largest absolute Gasteiger partial charge is 0.504 e. The van der Waals surface area contributed by atoms with Gasteiger partial charge in [-0.3, -0.25) is 13.9 Å². The van der Waals surface area contributed by atoms with E-state index in [1.807, 2.05) is 0 Å². The molecule has 0 aliphatic rings. The molecule has 3 aromatic rings. The highest BCUT2D eigenvalue weighted by Gasteiger charge is 2.14. The molecule has 10 nitrogen and oxygen atoms in total. The van der Waals surface area contributed by atoms with Crippen molar-refractivity contribution >= 4 is 11.2 Å². The van der Waals surface area contributed by atoms with Gasteiger partial charge in [0.15, 0.2) is 22.7 Å². The van der Waals surface area contributed by atoms with Crippen LogP contribution in [0.1, 0.15) is 18.1 Å². The second-order valence-corrected chi connectivity index (χ2v) is 6.64. The Morgan fingerprint density at radius 1 is 1.14 bits per heavy atom. The van der Waals surface area contributed by atoms with Crippen LogP contribution in [-0.4, -0.2) is 47.1 Å². The fraction of sp³-hybridized carbons (Fsp3) is 0.389. The SMILES string of the molecule is Cn1c(=O)c2c(ncn2CCCNCC(O)c2ccc(O)c(O)c2)n(C)c1=O. The van der Waals surface area contributed by atoms with Crippen LogP contribution in [-0.2, 0) is 20.6 Å². The van der Waals surface area contributed by atoms with E-state index in [0.29, 0.717) is 36.2 Å². The number of aromatic hydroxyl groups is 2. The number of nitrogens with zero attached hydrogens (tertiary/aromatic N) is 4. The standard InChI is InChI=1S/C18H23N5O5/c1-21-16-15(17(27)22(2)18(21)28)23(10-20-16)7-3-6-19-9-14(26)11-4-5-12(24)13(25)8-11/h4-5,8,10,14,19,24-26H,3,6-7,9H2,1-2H3. The number of aliphatic hydroxyl groups is 1. The Bertz CT molecular complexity index is 1110. The molecular formula is C18H23N5O5. The Kier molecular flexibility index (Phi) is 5.52.